The lowest BCUT2D eigenvalue weighted by molar-refractivity contribution is 0.0586. The minimum Gasteiger partial charge on any atom is -0.395 e. The van der Waals surface area contributed by atoms with Crippen molar-refractivity contribution in [3.8, 4) is 0 Å². The molecular formula is C14H22N4O2. The van der Waals surface area contributed by atoms with Gasteiger partial charge in [-0.1, -0.05) is 19.3 Å². The molecule has 6 nitrogen and oxygen atoms in total. The second kappa shape index (κ2) is 7.21. The molecule has 1 heterocycles. The van der Waals surface area contributed by atoms with Crippen LogP contribution in [0.1, 0.15) is 42.5 Å². The van der Waals surface area contributed by atoms with Gasteiger partial charge in [0.1, 0.15) is 0 Å². The van der Waals surface area contributed by atoms with Gasteiger partial charge in [-0.3, -0.25) is 15.6 Å². The van der Waals surface area contributed by atoms with Gasteiger partial charge in [-0.2, -0.15) is 0 Å². The van der Waals surface area contributed by atoms with E-state index in [9.17, 15) is 9.90 Å². The molecule has 1 aromatic heterocycles. The highest BCUT2D eigenvalue weighted by molar-refractivity contribution is 5.99. The van der Waals surface area contributed by atoms with Crippen molar-refractivity contribution in [2.24, 2.45) is 5.84 Å². The number of pyridine rings is 1. The first-order valence-electron chi connectivity index (χ1n) is 7.10. The minimum absolute atomic E-state index is 0.0291. The molecule has 0 bridgehead atoms. The number of carbonyl (C=O) groups excluding carboxylic acids is 1. The number of amides is 1. The number of hydrogen-bond acceptors (Lipinski definition) is 5. The first-order valence-corrected chi connectivity index (χ1v) is 7.10. The van der Waals surface area contributed by atoms with Crippen LogP contribution < -0.4 is 11.3 Å². The van der Waals surface area contributed by atoms with E-state index in [1.54, 1.807) is 17.2 Å². The zero-order valence-electron chi connectivity index (χ0n) is 11.6. The van der Waals surface area contributed by atoms with E-state index in [4.69, 9.17) is 5.84 Å². The molecule has 6 heteroatoms. The number of rotatable bonds is 5. The minimum atomic E-state index is -0.0960. The Balaban J connectivity index is 2.21. The maximum Gasteiger partial charge on any atom is 0.256 e. The summed E-state index contributed by atoms with van der Waals surface area (Å²) in [6.07, 6.45) is 8.61. The number of aliphatic hydroxyl groups excluding tert-OH is 1. The molecule has 0 aliphatic heterocycles. The van der Waals surface area contributed by atoms with Crippen molar-refractivity contribution in [1.29, 1.82) is 0 Å². The number of nitrogen functional groups attached to an aromatic ring is 1. The summed E-state index contributed by atoms with van der Waals surface area (Å²) >= 11 is 0. The van der Waals surface area contributed by atoms with E-state index in [1.165, 1.54) is 12.6 Å². The van der Waals surface area contributed by atoms with E-state index < -0.39 is 0 Å². The van der Waals surface area contributed by atoms with Crippen molar-refractivity contribution in [3.05, 3.63) is 24.0 Å². The smallest absolute Gasteiger partial charge is 0.256 e. The first-order chi connectivity index (χ1) is 9.77. The summed E-state index contributed by atoms with van der Waals surface area (Å²) in [6, 6.07) is 1.87. The zero-order chi connectivity index (χ0) is 14.4. The largest absolute Gasteiger partial charge is 0.395 e. The van der Waals surface area contributed by atoms with Crippen LogP contribution in [-0.2, 0) is 0 Å². The lowest BCUT2D eigenvalue weighted by Crippen LogP contribution is -2.43. The van der Waals surface area contributed by atoms with Gasteiger partial charge < -0.3 is 15.4 Å². The average molecular weight is 278 g/mol. The number of aromatic nitrogens is 1. The van der Waals surface area contributed by atoms with Crippen molar-refractivity contribution < 1.29 is 9.90 Å². The number of nitrogens with two attached hydrogens (primary N) is 1. The number of anilines is 1. The van der Waals surface area contributed by atoms with Crippen LogP contribution in [0.3, 0.4) is 0 Å². The van der Waals surface area contributed by atoms with Crippen molar-refractivity contribution in [2.75, 3.05) is 18.6 Å². The molecule has 1 aliphatic rings. The number of nitrogens with zero attached hydrogens (tertiary/aromatic N) is 2. The van der Waals surface area contributed by atoms with Crippen LogP contribution in [0.15, 0.2) is 18.5 Å². The molecule has 110 valence electrons. The topological polar surface area (TPSA) is 91.5 Å². The summed E-state index contributed by atoms with van der Waals surface area (Å²) in [5.74, 6) is 5.33. The summed E-state index contributed by atoms with van der Waals surface area (Å²) in [5, 5.41) is 9.24. The Hall–Kier alpha value is -1.66. The van der Waals surface area contributed by atoms with Crippen LogP contribution in [0.2, 0.25) is 0 Å². The molecule has 0 aromatic carbocycles. The summed E-state index contributed by atoms with van der Waals surface area (Å²) in [6.45, 7) is 0.328. The van der Waals surface area contributed by atoms with Gasteiger partial charge in [-0.25, -0.2) is 0 Å². The maximum absolute atomic E-state index is 12.7. The molecule has 0 saturated heterocycles. The van der Waals surface area contributed by atoms with Crippen molar-refractivity contribution in [3.63, 3.8) is 0 Å². The summed E-state index contributed by atoms with van der Waals surface area (Å²) in [4.78, 5) is 18.4. The standard InChI is InChI=1S/C14H22N4O2/c15-17-13-10-16-7-6-12(13)14(20)18(8-9-19)11-4-2-1-3-5-11/h6-7,10-11,17,19H,1-5,8-9,15H2. The van der Waals surface area contributed by atoms with Crippen LogP contribution in [0, 0.1) is 0 Å². The van der Waals surface area contributed by atoms with Crippen LogP contribution in [0.4, 0.5) is 5.69 Å². The van der Waals surface area contributed by atoms with Crippen LogP contribution in [0.5, 0.6) is 0 Å². The molecule has 2 rings (SSSR count). The normalized spacial score (nSPS) is 15.9. The van der Waals surface area contributed by atoms with Crippen molar-refractivity contribution in [2.45, 2.75) is 38.1 Å². The number of hydrogen-bond donors (Lipinski definition) is 3. The van der Waals surface area contributed by atoms with Gasteiger partial charge in [0, 0.05) is 18.8 Å². The summed E-state index contributed by atoms with van der Waals surface area (Å²) < 4.78 is 0. The highest BCUT2D eigenvalue weighted by atomic mass is 16.3. The SMILES string of the molecule is NNc1cnccc1C(=O)N(CCO)C1CCCCC1. The molecule has 0 spiro atoms. The average Bonchev–Trinajstić information content (AvgIpc) is 2.52. The van der Waals surface area contributed by atoms with E-state index >= 15 is 0 Å². The highest BCUT2D eigenvalue weighted by Crippen LogP contribution is 2.25. The maximum atomic E-state index is 12.7. The summed E-state index contributed by atoms with van der Waals surface area (Å²) in [5.41, 5.74) is 3.52. The molecule has 0 radical (unpaired) electrons. The Kier molecular flexibility index (Phi) is 5.31. The number of hydrazine groups is 1. The van der Waals surface area contributed by atoms with E-state index in [1.807, 2.05) is 0 Å². The number of aliphatic hydroxyl groups is 1. The Morgan fingerprint density at radius 2 is 2.20 bits per heavy atom. The van der Waals surface area contributed by atoms with E-state index in [0.717, 1.165) is 25.7 Å². The second-order valence-electron chi connectivity index (χ2n) is 5.08. The van der Waals surface area contributed by atoms with E-state index in [-0.39, 0.29) is 18.6 Å². The van der Waals surface area contributed by atoms with Crippen molar-refractivity contribution in [1.82, 2.24) is 9.88 Å². The third-order valence-corrected chi connectivity index (χ3v) is 3.82. The number of carbonyl (C=O) groups is 1. The Morgan fingerprint density at radius 1 is 1.45 bits per heavy atom. The van der Waals surface area contributed by atoms with Gasteiger partial charge in [-0.05, 0) is 18.9 Å². The van der Waals surface area contributed by atoms with Gasteiger partial charge >= 0.3 is 0 Å². The second-order valence-corrected chi connectivity index (χ2v) is 5.08. The number of nitrogens with one attached hydrogen (secondary N) is 1. The lowest BCUT2D eigenvalue weighted by Gasteiger charge is -2.34. The predicted octanol–water partition coefficient (Wildman–Crippen LogP) is 1.13. The van der Waals surface area contributed by atoms with Gasteiger partial charge in [0.25, 0.3) is 5.91 Å². The van der Waals surface area contributed by atoms with E-state index in [0.29, 0.717) is 17.8 Å². The van der Waals surface area contributed by atoms with E-state index in [2.05, 4.69) is 10.4 Å². The Bertz CT molecular complexity index is 447. The third-order valence-electron chi connectivity index (χ3n) is 3.82. The lowest BCUT2D eigenvalue weighted by atomic mass is 9.93. The highest BCUT2D eigenvalue weighted by Gasteiger charge is 2.27. The summed E-state index contributed by atoms with van der Waals surface area (Å²) in [7, 11) is 0. The third kappa shape index (κ3) is 3.26. The van der Waals surface area contributed by atoms with Crippen LogP contribution >= 0.6 is 0 Å². The molecule has 1 aliphatic carbocycles. The first kappa shape index (κ1) is 14.7. The molecule has 0 unspecified atom stereocenters. The van der Waals surface area contributed by atoms with Crippen molar-refractivity contribution >= 4 is 11.6 Å². The molecule has 4 N–H and O–H groups in total. The molecular weight excluding hydrogens is 256 g/mol. The van der Waals surface area contributed by atoms with Crippen LogP contribution in [0.25, 0.3) is 0 Å². The Labute approximate surface area is 119 Å². The van der Waals surface area contributed by atoms with Gasteiger partial charge in [0.2, 0.25) is 0 Å². The molecule has 1 amide bonds. The molecule has 0 atom stereocenters. The predicted molar refractivity (Wildman–Crippen MR) is 77.0 cm³/mol. The van der Waals surface area contributed by atoms with Crippen LogP contribution in [-0.4, -0.2) is 40.1 Å². The quantitative estimate of drug-likeness (QED) is 0.555. The molecule has 20 heavy (non-hydrogen) atoms. The van der Waals surface area contributed by atoms with Gasteiger partial charge in [0.15, 0.2) is 0 Å². The molecule has 1 saturated carbocycles. The molecule has 1 fully saturated rings. The fourth-order valence-electron chi connectivity index (χ4n) is 2.80. The van der Waals surface area contributed by atoms with Gasteiger partial charge in [0.05, 0.1) is 24.1 Å². The van der Waals surface area contributed by atoms with Gasteiger partial charge in [-0.15, -0.1) is 0 Å². The monoisotopic (exact) mass is 278 g/mol. The molecule has 1 aromatic rings. The fourth-order valence-corrected chi connectivity index (χ4v) is 2.80. The zero-order valence-corrected chi connectivity index (χ0v) is 11.6. The fraction of sp³-hybridized carbons (Fsp3) is 0.571. The Morgan fingerprint density at radius 3 is 2.85 bits per heavy atom.